The van der Waals surface area contributed by atoms with Gasteiger partial charge >= 0.3 is 5.97 Å². The van der Waals surface area contributed by atoms with Gasteiger partial charge in [-0.3, -0.25) is 4.79 Å². The fourth-order valence-electron chi connectivity index (χ4n) is 3.54. The van der Waals surface area contributed by atoms with Gasteiger partial charge in [0.25, 0.3) is 5.69 Å². The van der Waals surface area contributed by atoms with E-state index >= 15 is 0 Å². The van der Waals surface area contributed by atoms with Crippen LogP contribution in [0.3, 0.4) is 0 Å². The van der Waals surface area contributed by atoms with Crippen LogP contribution in [0.4, 0.5) is 0 Å². The Morgan fingerprint density at radius 2 is 2.18 bits per heavy atom. The van der Waals surface area contributed by atoms with Crippen molar-refractivity contribution in [1.82, 2.24) is 4.68 Å². The third kappa shape index (κ3) is 1.85. The van der Waals surface area contributed by atoms with Crippen LogP contribution in [0.15, 0.2) is 24.3 Å². The van der Waals surface area contributed by atoms with Crippen LogP contribution in [0.25, 0.3) is 16.7 Å². The molecular weight excluding hydrogens is 280 g/mol. The number of rotatable bonds is 1. The Kier molecular flexibility index (Phi) is 2.64. The summed E-state index contributed by atoms with van der Waals surface area (Å²) in [5, 5.41) is 13.6. The first-order valence-electron chi connectivity index (χ1n) is 7.64. The van der Waals surface area contributed by atoms with Crippen LogP contribution in [0.2, 0.25) is 0 Å². The molecule has 0 fully saturated rings. The van der Waals surface area contributed by atoms with E-state index in [1.807, 2.05) is 32.1 Å². The van der Waals surface area contributed by atoms with Crippen molar-refractivity contribution in [3.63, 3.8) is 0 Å². The summed E-state index contributed by atoms with van der Waals surface area (Å²) in [6.07, 6.45) is 4.16. The van der Waals surface area contributed by atoms with Crippen LogP contribution >= 0.6 is 0 Å². The quantitative estimate of drug-likeness (QED) is 0.462. The minimum Gasteiger partial charge on any atom is -0.595 e. The average Bonchev–Trinajstić information content (AvgIpc) is 2.72. The summed E-state index contributed by atoms with van der Waals surface area (Å²) in [6, 6.07) is 5.96. The first kappa shape index (κ1) is 13.4. The predicted molar refractivity (Wildman–Crippen MR) is 81.7 cm³/mol. The lowest BCUT2D eigenvalue weighted by Gasteiger charge is -2.24. The van der Waals surface area contributed by atoms with Crippen molar-refractivity contribution in [1.29, 1.82) is 0 Å². The number of hydrogen-bond acceptors (Lipinski definition) is 3. The van der Waals surface area contributed by atoms with Gasteiger partial charge in [0.05, 0.1) is 18.4 Å². The molecule has 0 amide bonds. The van der Waals surface area contributed by atoms with E-state index in [0.29, 0.717) is 24.4 Å². The Bertz CT molecular complexity index is 830. The number of para-hydroxylation sites is 1. The fraction of sp³-hybridized carbons (Fsp3) is 0.412. The molecule has 0 atom stereocenters. The summed E-state index contributed by atoms with van der Waals surface area (Å²) in [5.74, 6) is 0.105. The number of hydrogen-bond donors (Lipinski definition) is 0. The van der Waals surface area contributed by atoms with Gasteiger partial charge < -0.3 is 9.94 Å². The molecule has 0 N–H and O–H groups in total. The molecular formula is C17H18N2O3. The lowest BCUT2D eigenvalue weighted by Crippen LogP contribution is -2.42. The Hall–Kier alpha value is -2.30. The van der Waals surface area contributed by atoms with Gasteiger partial charge in [-0.25, -0.2) is 0 Å². The Morgan fingerprint density at radius 1 is 1.36 bits per heavy atom. The highest BCUT2D eigenvalue weighted by Crippen LogP contribution is 2.36. The fourth-order valence-corrected chi connectivity index (χ4v) is 3.54. The molecule has 3 heterocycles. The van der Waals surface area contributed by atoms with Crippen molar-refractivity contribution in [3.05, 3.63) is 40.7 Å². The second-order valence-electron chi connectivity index (χ2n) is 6.81. The second-order valence-corrected chi connectivity index (χ2v) is 6.81. The van der Waals surface area contributed by atoms with E-state index in [1.165, 1.54) is 5.56 Å². The number of cyclic esters (lactones) is 1. The van der Waals surface area contributed by atoms with E-state index < -0.39 is 0 Å². The second kappa shape index (κ2) is 4.35. The van der Waals surface area contributed by atoms with Crippen LogP contribution < -0.4 is 4.85 Å². The highest BCUT2D eigenvalue weighted by Gasteiger charge is 2.35. The molecule has 5 heteroatoms. The summed E-state index contributed by atoms with van der Waals surface area (Å²) in [6.45, 7) is 4.65. The molecule has 0 saturated heterocycles. The van der Waals surface area contributed by atoms with Crippen LogP contribution in [0.5, 0.6) is 0 Å². The van der Waals surface area contributed by atoms with Gasteiger partial charge in [0.2, 0.25) is 5.76 Å². The Morgan fingerprint density at radius 3 is 2.95 bits per heavy atom. The Labute approximate surface area is 128 Å². The maximum absolute atomic E-state index is 12.8. The van der Waals surface area contributed by atoms with E-state index in [4.69, 9.17) is 4.74 Å². The van der Waals surface area contributed by atoms with Crippen molar-refractivity contribution >= 4 is 22.6 Å². The molecule has 4 rings (SSSR count). The lowest BCUT2D eigenvalue weighted by molar-refractivity contribution is -0.694. The summed E-state index contributed by atoms with van der Waals surface area (Å²) in [7, 11) is 0. The average molecular weight is 298 g/mol. The molecule has 0 aliphatic carbocycles. The van der Waals surface area contributed by atoms with Gasteiger partial charge in [0.15, 0.2) is 0 Å². The minimum absolute atomic E-state index is 0.283. The first-order chi connectivity index (χ1) is 10.5. The number of aromatic nitrogens is 2. The summed E-state index contributed by atoms with van der Waals surface area (Å²) < 4.78 is 7.15. The van der Waals surface area contributed by atoms with E-state index in [9.17, 15) is 10.0 Å². The van der Waals surface area contributed by atoms with Crippen LogP contribution in [-0.2, 0) is 22.5 Å². The van der Waals surface area contributed by atoms with Gasteiger partial charge in [0, 0.05) is 0 Å². The van der Waals surface area contributed by atoms with Crippen LogP contribution in [-0.4, -0.2) is 10.7 Å². The number of ether oxygens (including phenoxy) is 1. The third-order valence-corrected chi connectivity index (χ3v) is 4.44. The van der Waals surface area contributed by atoms with Crippen LogP contribution in [0, 0.1) is 10.6 Å². The van der Waals surface area contributed by atoms with E-state index in [0.717, 1.165) is 28.6 Å². The normalized spacial score (nSPS) is 19.9. The molecule has 1 aromatic carbocycles. The largest absolute Gasteiger partial charge is 0.595 e. The van der Waals surface area contributed by atoms with Gasteiger partial charge in [0.1, 0.15) is 5.52 Å². The molecule has 0 unspecified atom stereocenters. The number of benzene rings is 1. The zero-order valence-corrected chi connectivity index (χ0v) is 12.8. The number of esters is 1. The topological polar surface area (TPSA) is 58.2 Å². The maximum atomic E-state index is 12.8. The van der Waals surface area contributed by atoms with Crippen LogP contribution in [0.1, 0.15) is 37.9 Å². The molecule has 0 spiro atoms. The standard InChI is InChI=1S/C17H18N2O3/c1-17(2)9-13(22-14(20)10-17)16-12-7-3-5-11-6-4-8-18(15(11)12)19(16)21/h3,5,7,9H,4,6,8,10H2,1-2H3. The lowest BCUT2D eigenvalue weighted by atomic mass is 9.86. The van der Waals surface area contributed by atoms with Gasteiger partial charge in [-0.05, 0) is 36.0 Å². The summed E-state index contributed by atoms with van der Waals surface area (Å²) >= 11 is 0. The van der Waals surface area contributed by atoms with E-state index in [2.05, 4.69) is 6.07 Å². The monoisotopic (exact) mass is 298 g/mol. The zero-order chi connectivity index (χ0) is 15.5. The van der Waals surface area contributed by atoms with Gasteiger partial charge in [-0.1, -0.05) is 30.8 Å². The molecule has 1 aromatic heterocycles. The van der Waals surface area contributed by atoms with E-state index in [-0.39, 0.29) is 11.4 Å². The Balaban J connectivity index is 2.01. The molecule has 114 valence electrons. The number of allylic oxidation sites excluding steroid dienone is 1. The SMILES string of the molecule is CC1(C)C=C(c2c3cccc4c3n([n+]2[O-])CCC4)OC(=O)C1. The van der Waals surface area contributed by atoms with Crippen molar-refractivity contribution < 1.29 is 14.4 Å². The van der Waals surface area contributed by atoms with Gasteiger partial charge in [-0.2, -0.15) is 0 Å². The number of carbonyl (C=O) groups is 1. The highest BCUT2D eigenvalue weighted by atomic mass is 16.5. The van der Waals surface area contributed by atoms with E-state index in [1.54, 1.807) is 4.68 Å². The molecule has 22 heavy (non-hydrogen) atoms. The smallest absolute Gasteiger partial charge is 0.312 e. The molecule has 5 nitrogen and oxygen atoms in total. The number of aryl methyl sites for hydroxylation is 2. The highest BCUT2D eigenvalue weighted by molar-refractivity contribution is 5.93. The zero-order valence-electron chi connectivity index (χ0n) is 12.8. The third-order valence-electron chi connectivity index (χ3n) is 4.44. The summed E-state index contributed by atoms with van der Waals surface area (Å²) in [5.41, 5.74) is 2.31. The van der Waals surface area contributed by atoms with Crippen molar-refractivity contribution in [2.45, 2.75) is 39.7 Å². The summed E-state index contributed by atoms with van der Waals surface area (Å²) in [4.78, 5) is 12.8. The molecule has 2 aliphatic rings. The molecule has 0 bridgehead atoms. The molecule has 2 aromatic rings. The maximum Gasteiger partial charge on any atom is 0.312 e. The number of nitrogens with zero attached hydrogens (tertiary/aromatic N) is 2. The predicted octanol–water partition coefficient (Wildman–Crippen LogP) is 2.53. The van der Waals surface area contributed by atoms with Crippen molar-refractivity contribution in [2.75, 3.05) is 0 Å². The molecule has 0 radical (unpaired) electrons. The van der Waals surface area contributed by atoms with Crippen molar-refractivity contribution in [3.8, 4) is 0 Å². The molecule has 2 aliphatic heterocycles. The number of carbonyl (C=O) groups excluding carboxylic acids is 1. The minimum atomic E-state index is -0.302. The van der Waals surface area contributed by atoms with Crippen molar-refractivity contribution in [2.24, 2.45) is 5.41 Å². The van der Waals surface area contributed by atoms with Gasteiger partial charge in [-0.15, -0.1) is 4.68 Å². The molecule has 0 saturated carbocycles. The first-order valence-corrected chi connectivity index (χ1v) is 7.64.